The quantitative estimate of drug-likeness (QED) is 0.526. The molecule has 3 aromatic carbocycles. The minimum absolute atomic E-state index is 0.0195. The van der Waals surface area contributed by atoms with Crippen LogP contribution in [0.25, 0.3) is 0 Å². The van der Waals surface area contributed by atoms with Crippen molar-refractivity contribution in [1.82, 2.24) is 5.32 Å². The number of anilines is 1. The highest BCUT2D eigenvalue weighted by Gasteiger charge is 2.22. The number of halogens is 1. The van der Waals surface area contributed by atoms with Crippen molar-refractivity contribution in [1.29, 1.82) is 0 Å². The molecular formula is C24H23ClN2O5S. The average molecular weight is 487 g/mol. The van der Waals surface area contributed by atoms with Gasteiger partial charge in [0, 0.05) is 11.3 Å². The van der Waals surface area contributed by atoms with E-state index in [2.05, 4.69) is 10.0 Å². The largest absolute Gasteiger partial charge is 0.486 e. The van der Waals surface area contributed by atoms with Gasteiger partial charge in [-0.3, -0.25) is 9.52 Å². The third kappa shape index (κ3) is 5.23. The van der Waals surface area contributed by atoms with Crippen molar-refractivity contribution in [2.24, 2.45) is 0 Å². The van der Waals surface area contributed by atoms with E-state index in [1.54, 1.807) is 30.3 Å². The molecule has 4 rings (SSSR count). The molecule has 9 heteroatoms. The second-order valence-electron chi connectivity index (χ2n) is 7.71. The number of benzene rings is 3. The minimum atomic E-state index is -4.00. The summed E-state index contributed by atoms with van der Waals surface area (Å²) in [4.78, 5) is 12.7. The van der Waals surface area contributed by atoms with Gasteiger partial charge in [-0.2, -0.15) is 0 Å². The van der Waals surface area contributed by atoms with Crippen LogP contribution in [0.5, 0.6) is 11.5 Å². The molecule has 1 heterocycles. The lowest BCUT2D eigenvalue weighted by Crippen LogP contribution is -2.27. The molecule has 0 unspecified atom stereocenters. The Morgan fingerprint density at radius 1 is 0.970 bits per heavy atom. The Morgan fingerprint density at radius 3 is 2.39 bits per heavy atom. The number of nitrogens with one attached hydrogen (secondary N) is 2. The Bertz CT molecular complexity index is 1290. The van der Waals surface area contributed by atoms with Gasteiger partial charge in [-0.25, -0.2) is 8.42 Å². The number of amides is 1. The fourth-order valence-corrected chi connectivity index (χ4v) is 4.96. The molecule has 0 aromatic heterocycles. The van der Waals surface area contributed by atoms with Gasteiger partial charge < -0.3 is 14.8 Å². The van der Waals surface area contributed by atoms with E-state index in [4.69, 9.17) is 21.1 Å². The summed E-state index contributed by atoms with van der Waals surface area (Å²) in [6.45, 7) is 4.70. The van der Waals surface area contributed by atoms with Gasteiger partial charge in [0.1, 0.15) is 18.1 Å². The van der Waals surface area contributed by atoms with Crippen LogP contribution in [-0.2, 0) is 10.0 Å². The number of ether oxygens (including phenoxy) is 2. The number of rotatable bonds is 6. The van der Waals surface area contributed by atoms with E-state index in [0.29, 0.717) is 30.4 Å². The molecule has 2 N–H and O–H groups in total. The normalized spacial score (nSPS) is 13.8. The zero-order chi connectivity index (χ0) is 23.6. The molecule has 0 saturated heterocycles. The van der Waals surface area contributed by atoms with Gasteiger partial charge >= 0.3 is 0 Å². The number of aryl methyl sites for hydroxylation is 1. The van der Waals surface area contributed by atoms with E-state index >= 15 is 0 Å². The molecule has 1 aliphatic rings. The van der Waals surface area contributed by atoms with Crippen LogP contribution in [0.15, 0.2) is 65.6 Å². The highest BCUT2D eigenvalue weighted by atomic mass is 35.5. The van der Waals surface area contributed by atoms with Crippen LogP contribution in [0, 0.1) is 6.92 Å². The van der Waals surface area contributed by atoms with Gasteiger partial charge in [0.25, 0.3) is 15.9 Å². The maximum atomic E-state index is 12.9. The van der Waals surface area contributed by atoms with Crippen molar-refractivity contribution >= 4 is 33.2 Å². The Morgan fingerprint density at radius 2 is 1.67 bits per heavy atom. The predicted molar refractivity (Wildman–Crippen MR) is 127 cm³/mol. The average Bonchev–Trinajstić information content (AvgIpc) is 2.80. The number of carbonyl (C=O) groups is 1. The number of carbonyl (C=O) groups excluding carboxylic acids is 1. The van der Waals surface area contributed by atoms with Gasteiger partial charge in [-0.1, -0.05) is 35.4 Å². The second-order valence-corrected chi connectivity index (χ2v) is 9.77. The van der Waals surface area contributed by atoms with Gasteiger partial charge in [0.2, 0.25) is 0 Å². The van der Waals surface area contributed by atoms with Gasteiger partial charge in [0.15, 0.2) is 11.5 Å². The van der Waals surface area contributed by atoms with Crippen LogP contribution >= 0.6 is 11.6 Å². The zero-order valence-corrected chi connectivity index (χ0v) is 19.7. The van der Waals surface area contributed by atoms with E-state index in [-0.39, 0.29) is 21.5 Å². The van der Waals surface area contributed by atoms with E-state index in [9.17, 15) is 13.2 Å². The second kappa shape index (κ2) is 9.33. The molecule has 1 amide bonds. The van der Waals surface area contributed by atoms with Crippen molar-refractivity contribution in [2.45, 2.75) is 24.8 Å². The van der Waals surface area contributed by atoms with Crippen LogP contribution < -0.4 is 19.5 Å². The van der Waals surface area contributed by atoms with Crippen molar-refractivity contribution in [3.05, 3.63) is 82.4 Å². The zero-order valence-electron chi connectivity index (χ0n) is 18.1. The van der Waals surface area contributed by atoms with Crippen molar-refractivity contribution in [3.63, 3.8) is 0 Å². The first-order valence-corrected chi connectivity index (χ1v) is 12.2. The number of sulfonamides is 1. The SMILES string of the molecule is Cc1ccc(NS(=O)(=O)c2cc(C(=O)N[C@@H](C)c3ccc4c(c3)OCCO4)ccc2Cl)cc1. The summed E-state index contributed by atoms with van der Waals surface area (Å²) in [6.07, 6.45) is 0. The molecule has 0 fully saturated rings. The fraction of sp³-hybridized carbons (Fsp3) is 0.208. The molecule has 0 bridgehead atoms. The van der Waals surface area contributed by atoms with Crippen molar-refractivity contribution in [2.75, 3.05) is 17.9 Å². The van der Waals surface area contributed by atoms with Crippen LogP contribution in [0.2, 0.25) is 5.02 Å². The fourth-order valence-electron chi connectivity index (χ4n) is 3.37. The van der Waals surface area contributed by atoms with Gasteiger partial charge in [-0.15, -0.1) is 0 Å². The topological polar surface area (TPSA) is 93.7 Å². The lowest BCUT2D eigenvalue weighted by Gasteiger charge is -2.21. The minimum Gasteiger partial charge on any atom is -0.486 e. The van der Waals surface area contributed by atoms with Crippen LogP contribution in [0.1, 0.15) is 34.5 Å². The summed E-state index contributed by atoms with van der Waals surface area (Å²) in [6, 6.07) is 16.2. The predicted octanol–water partition coefficient (Wildman–Crippen LogP) is 4.71. The Balaban J connectivity index is 1.53. The Labute approximate surface area is 197 Å². The third-order valence-corrected chi connectivity index (χ3v) is 7.06. The summed E-state index contributed by atoms with van der Waals surface area (Å²) in [5, 5.41) is 2.90. The first-order valence-electron chi connectivity index (χ1n) is 10.3. The first kappa shape index (κ1) is 22.9. The van der Waals surface area contributed by atoms with Gasteiger partial charge in [0.05, 0.1) is 11.1 Å². The first-order chi connectivity index (χ1) is 15.7. The molecule has 33 heavy (non-hydrogen) atoms. The van der Waals surface area contributed by atoms with Crippen LogP contribution in [-0.4, -0.2) is 27.5 Å². The van der Waals surface area contributed by atoms with E-state index in [1.165, 1.54) is 18.2 Å². The molecule has 172 valence electrons. The molecule has 7 nitrogen and oxygen atoms in total. The van der Waals surface area contributed by atoms with E-state index in [1.807, 2.05) is 26.0 Å². The molecule has 0 spiro atoms. The van der Waals surface area contributed by atoms with Crippen LogP contribution in [0.4, 0.5) is 5.69 Å². The molecule has 0 radical (unpaired) electrons. The highest BCUT2D eigenvalue weighted by molar-refractivity contribution is 7.92. The number of hydrogen-bond acceptors (Lipinski definition) is 5. The Kier molecular flexibility index (Phi) is 6.49. The van der Waals surface area contributed by atoms with Crippen molar-refractivity contribution in [3.8, 4) is 11.5 Å². The lowest BCUT2D eigenvalue weighted by molar-refractivity contribution is 0.0939. The van der Waals surface area contributed by atoms with Crippen LogP contribution in [0.3, 0.4) is 0 Å². The smallest absolute Gasteiger partial charge is 0.263 e. The molecule has 0 aliphatic carbocycles. The molecule has 0 saturated carbocycles. The summed E-state index contributed by atoms with van der Waals surface area (Å²) in [5.74, 6) is 0.861. The summed E-state index contributed by atoms with van der Waals surface area (Å²) >= 11 is 6.17. The van der Waals surface area contributed by atoms with Crippen molar-refractivity contribution < 1.29 is 22.7 Å². The van der Waals surface area contributed by atoms with E-state index < -0.39 is 15.9 Å². The third-order valence-electron chi connectivity index (χ3n) is 5.20. The Hall–Kier alpha value is -3.23. The highest BCUT2D eigenvalue weighted by Crippen LogP contribution is 2.33. The van der Waals surface area contributed by atoms with Gasteiger partial charge in [-0.05, 0) is 61.9 Å². The summed E-state index contributed by atoms with van der Waals surface area (Å²) in [7, 11) is -4.00. The molecule has 1 aliphatic heterocycles. The number of hydrogen-bond donors (Lipinski definition) is 2. The number of fused-ring (bicyclic) bond motifs is 1. The standard InChI is InChI=1S/C24H23ClN2O5S/c1-15-3-7-19(8-4-15)27-33(29,30)23-14-18(5-9-20(23)25)24(28)26-16(2)17-6-10-21-22(13-17)32-12-11-31-21/h3-10,13-14,16,27H,11-12H2,1-2H3,(H,26,28)/t16-/m0/s1. The molecule has 3 aromatic rings. The summed E-state index contributed by atoms with van der Waals surface area (Å²) < 4.78 is 39.4. The molecular weight excluding hydrogens is 464 g/mol. The molecule has 1 atom stereocenters. The lowest BCUT2D eigenvalue weighted by atomic mass is 10.1. The maximum absolute atomic E-state index is 12.9. The maximum Gasteiger partial charge on any atom is 0.263 e. The summed E-state index contributed by atoms with van der Waals surface area (Å²) in [5.41, 5.74) is 2.41. The van der Waals surface area contributed by atoms with E-state index in [0.717, 1.165) is 11.1 Å². The monoisotopic (exact) mass is 486 g/mol.